The van der Waals surface area contributed by atoms with Gasteiger partial charge in [0.15, 0.2) is 0 Å². The molecule has 0 radical (unpaired) electrons. The third-order valence-electron chi connectivity index (χ3n) is 3.88. The Balaban J connectivity index is 2.41. The summed E-state index contributed by atoms with van der Waals surface area (Å²) >= 11 is 0. The van der Waals surface area contributed by atoms with E-state index >= 15 is 0 Å². The smallest absolute Gasteiger partial charge is 0.480 e. The van der Waals surface area contributed by atoms with Crippen LogP contribution in [0.15, 0.2) is 0 Å². The van der Waals surface area contributed by atoms with Crippen molar-refractivity contribution < 1.29 is 31.5 Å². The van der Waals surface area contributed by atoms with Crippen molar-refractivity contribution in [2.45, 2.75) is 49.7 Å². The molecule has 2 aliphatic rings. The van der Waals surface area contributed by atoms with Crippen LogP contribution < -0.4 is 0 Å². The van der Waals surface area contributed by atoms with Crippen LogP contribution in [0.1, 0.15) is 32.1 Å². The molecule has 1 saturated carbocycles. The van der Waals surface area contributed by atoms with Gasteiger partial charge in [0.1, 0.15) is 6.04 Å². The molecule has 0 amide bonds. The molecule has 0 bridgehead atoms. The van der Waals surface area contributed by atoms with Crippen LogP contribution in [0.2, 0.25) is 0 Å². The maximum Gasteiger partial charge on any atom is 0.511 e. The molecule has 2 fully saturated rings. The quantitative estimate of drug-likeness (QED) is 0.840. The second kappa shape index (κ2) is 4.62. The highest BCUT2D eigenvalue weighted by Crippen LogP contribution is 2.44. The zero-order valence-corrected chi connectivity index (χ0v) is 10.7. The third kappa shape index (κ3) is 2.33. The van der Waals surface area contributed by atoms with Gasteiger partial charge in [-0.25, -0.2) is 8.42 Å². The number of aliphatic carboxylic acids is 1. The van der Waals surface area contributed by atoms with Crippen molar-refractivity contribution in [1.82, 2.24) is 4.31 Å². The van der Waals surface area contributed by atoms with Gasteiger partial charge in [0, 0.05) is 6.04 Å². The van der Waals surface area contributed by atoms with Crippen molar-refractivity contribution in [3.8, 4) is 0 Å². The molecule has 1 heterocycles. The molecule has 0 spiro atoms. The molecular formula is C10H14F3NO4S. The number of fused-ring (bicyclic) bond motifs is 1. The van der Waals surface area contributed by atoms with E-state index in [9.17, 15) is 26.4 Å². The maximum absolute atomic E-state index is 12.7. The summed E-state index contributed by atoms with van der Waals surface area (Å²) in [5.41, 5.74) is -5.45. The second-order valence-electron chi connectivity index (χ2n) is 4.98. The topological polar surface area (TPSA) is 74.7 Å². The molecule has 5 nitrogen and oxygen atoms in total. The van der Waals surface area contributed by atoms with Gasteiger partial charge in [0.25, 0.3) is 0 Å². The summed E-state index contributed by atoms with van der Waals surface area (Å²) in [6.45, 7) is 0. The lowest BCUT2D eigenvalue weighted by atomic mass is 9.85. The van der Waals surface area contributed by atoms with E-state index in [0.717, 1.165) is 6.42 Å². The molecule has 2 rings (SSSR count). The van der Waals surface area contributed by atoms with Crippen LogP contribution in [-0.2, 0) is 14.8 Å². The van der Waals surface area contributed by atoms with Crippen LogP contribution in [0.4, 0.5) is 13.2 Å². The summed E-state index contributed by atoms with van der Waals surface area (Å²) in [4.78, 5) is 11.1. The van der Waals surface area contributed by atoms with E-state index in [-0.39, 0.29) is 16.6 Å². The molecule has 1 aliphatic heterocycles. The fraction of sp³-hybridized carbons (Fsp3) is 0.900. The van der Waals surface area contributed by atoms with E-state index in [1.165, 1.54) is 0 Å². The lowest BCUT2D eigenvalue weighted by molar-refractivity contribution is -0.141. The first-order valence-electron chi connectivity index (χ1n) is 5.99. The number of rotatable bonds is 2. The van der Waals surface area contributed by atoms with Crippen molar-refractivity contribution in [2.24, 2.45) is 5.92 Å². The van der Waals surface area contributed by atoms with Gasteiger partial charge in [0.2, 0.25) is 0 Å². The molecule has 0 aromatic carbocycles. The third-order valence-corrected chi connectivity index (χ3v) is 5.55. The molecule has 1 aliphatic carbocycles. The Kier molecular flexibility index (Phi) is 3.54. The summed E-state index contributed by atoms with van der Waals surface area (Å²) in [5.74, 6) is -1.80. The number of carboxylic acids is 1. The monoisotopic (exact) mass is 301 g/mol. The fourth-order valence-electron chi connectivity index (χ4n) is 3.09. The van der Waals surface area contributed by atoms with E-state index in [0.29, 0.717) is 19.3 Å². The Morgan fingerprint density at radius 3 is 2.32 bits per heavy atom. The Hall–Kier alpha value is -0.830. The van der Waals surface area contributed by atoms with E-state index in [4.69, 9.17) is 5.11 Å². The average molecular weight is 301 g/mol. The molecule has 110 valence electrons. The predicted molar refractivity (Wildman–Crippen MR) is 58.6 cm³/mol. The minimum absolute atomic E-state index is 0.0324. The number of halogens is 3. The van der Waals surface area contributed by atoms with Gasteiger partial charge in [-0.15, -0.1) is 0 Å². The number of carboxylic acid groups (broad SMARTS) is 1. The Morgan fingerprint density at radius 2 is 1.79 bits per heavy atom. The van der Waals surface area contributed by atoms with Gasteiger partial charge < -0.3 is 5.11 Å². The lowest BCUT2D eigenvalue weighted by Crippen LogP contribution is -2.50. The first-order chi connectivity index (χ1) is 8.66. The number of hydrogen-bond acceptors (Lipinski definition) is 3. The van der Waals surface area contributed by atoms with Crippen LogP contribution in [0.3, 0.4) is 0 Å². The van der Waals surface area contributed by atoms with Gasteiger partial charge in [-0.05, 0) is 25.2 Å². The molecule has 0 aromatic heterocycles. The molecule has 3 unspecified atom stereocenters. The van der Waals surface area contributed by atoms with Crippen LogP contribution in [0.25, 0.3) is 0 Å². The highest BCUT2D eigenvalue weighted by Gasteiger charge is 2.59. The summed E-state index contributed by atoms with van der Waals surface area (Å²) in [6, 6.07) is -2.43. The van der Waals surface area contributed by atoms with E-state index in [1.807, 2.05) is 0 Å². The van der Waals surface area contributed by atoms with Crippen LogP contribution >= 0.6 is 0 Å². The summed E-state index contributed by atoms with van der Waals surface area (Å²) in [5, 5.41) is 8.99. The molecule has 3 atom stereocenters. The SMILES string of the molecule is O=C(O)C1CC2CCCCC2N1S(=O)(=O)C(F)(F)F. The molecule has 19 heavy (non-hydrogen) atoms. The van der Waals surface area contributed by atoms with Crippen LogP contribution in [0.5, 0.6) is 0 Å². The number of nitrogens with zero attached hydrogens (tertiary/aromatic N) is 1. The highest BCUT2D eigenvalue weighted by molar-refractivity contribution is 7.90. The second-order valence-corrected chi connectivity index (χ2v) is 6.82. The van der Waals surface area contributed by atoms with Gasteiger partial charge in [-0.1, -0.05) is 12.8 Å². The van der Waals surface area contributed by atoms with Gasteiger partial charge in [-0.2, -0.15) is 17.5 Å². The zero-order chi connectivity index (χ0) is 14.4. The fourth-order valence-corrected chi connectivity index (χ4v) is 4.48. The summed E-state index contributed by atoms with van der Waals surface area (Å²) in [7, 11) is -5.59. The van der Waals surface area contributed by atoms with Gasteiger partial charge in [0.05, 0.1) is 0 Å². The average Bonchev–Trinajstić information content (AvgIpc) is 2.66. The largest absolute Gasteiger partial charge is 0.511 e. The minimum atomic E-state index is -5.59. The molecule has 1 saturated heterocycles. The van der Waals surface area contributed by atoms with Crippen molar-refractivity contribution in [3.05, 3.63) is 0 Å². The normalized spacial score (nSPS) is 33.1. The number of sulfonamides is 1. The Morgan fingerprint density at radius 1 is 1.21 bits per heavy atom. The Labute approximate surface area is 108 Å². The van der Waals surface area contributed by atoms with E-state index in [1.54, 1.807) is 0 Å². The number of hydrogen-bond donors (Lipinski definition) is 1. The highest BCUT2D eigenvalue weighted by atomic mass is 32.2. The first kappa shape index (κ1) is 14.6. The molecule has 0 aromatic rings. The summed E-state index contributed by atoms with van der Waals surface area (Å²) < 4.78 is 61.3. The summed E-state index contributed by atoms with van der Waals surface area (Å²) in [6.07, 6.45) is 2.27. The maximum atomic E-state index is 12.7. The van der Waals surface area contributed by atoms with E-state index < -0.39 is 33.6 Å². The van der Waals surface area contributed by atoms with Crippen molar-refractivity contribution in [2.75, 3.05) is 0 Å². The van der Waals surface area contributed by atoms with Crippen molar-refractivity contribution >= 4 is 16.0 Å². The van der Waals surface area contributed by atoms with Gasteiger partial charge in [-0.3, -0.25) is 4.79 Å². The van der Waals surface area contributed by atoms with Crippen LogP contribution in [-0.4, -0.2) is 41.4 Å². The van der Waals surface area contributed by atoms with Crippen LogP contribution in [0, 0.1) is 5.92 Å². The first-order valence-corrected chi connectivity index (χ1v) is 7.43. The molecule has 1 N–H and O–H groups in total. The standard InChI is InChI=1S/C10H14F3NO4S/c11-10(12,13)19(17,18)14-7-4-2-1-3-6(7)5-8(14)9(15)16/h6-8H,1-5H2,(H,15,16). The molecular weight excluding hydrogens is 287 g/mol. The minimum Gasteiger partial charge on any atom is -0.480 e. The number of carbonyl (C=O) groups is 1. The Bertz CT molecular complexity index is 476. The lowest BCUT2D eigenvalue weighted by Gasteiger charge is -2.32. The zero-order valence-electron chi connectivity index (χ0n) is 9.93. The van der Waals surface area contributed by atoms with Gasteiger partial charge >= 0.3 is 21.5 Å². The molecule has 9 heteroatoms. The van der Waals surface area contributed by atoms with E-state index in [2.05, 4.69) is 0 Å². The number of alkyl halides is 3. The van der Waals surface area contributed by atoms with Crippen molar-refractivity contribution in [3.63, 3.8) is 0 Å². The predicted octanol–water partition coefficient (Wildman–Crippen LogP) is 1.55. The van der Waals surface area contributed by atoms with Crippen molar-refractivity contribution in [1.29, 1.82) is 0 Å².